The summed E-state index contributed by atoms with van der Waals surface area (Å²) in [7, 11) is 0. The molecule has 3 aromatic rings. The molecule has 0 atom stereocenters. The molecule has 0 spiro atoms. The van der Waals surface area contributed by atoms with Crippen molar-refractivity contribution in [3.63, 3.8) is 0 Å². The lowest BCUT2D eigenvalue weighted by atomic mass is 10.1. The molecule has 1 fully saturated rings. The standard InChI is InChI=1S/C13H14N6/c1-9-5-11-12(17-9)13(15-8-14-11)18-6-10(7-18)19-4-2-3-16-19/h2-5,8,10,17H,6-7H2,1H3. The average molecular weight is 254 g/mol. The SMILES string of the molecule is Cc1cc2ncnc(N3CC(n4cccn4)C3)c2[nH]1. The van der Waals surface area contributed by atoms with E-state index in [-0.39, 0.29) is 0 Å². The lowest BCUT2D eigenvalue weighted by molar-refractivity contribution is 0.366. The predicted molar refractivity (Wildman–Crippen MR) is 72.1 cm³/mol. The Balaban J connectivity index is 1.63. The van der Waals surface area contributed by atoms with Gasteiger partial charge in [0.1, 0.15) is 11.8 Å². The highest BCUT2D eigenvalue weighted by Crippen LogP contribution is 2.30. The smallest absolute Gasteiger partial charge is 0.156 e. The van der Waals surface area contributed by atoms with Crippen LogP contribution in [0.4, 0.5) is 5.82 Å². The highest BCUT2D eigenvalue weighted by molar-refractivity contribution is 5.87. The third-order valence-electron chi connectivity index (χ3n) is 3.59. The van der Waals surface area contributed by atoms with E-state index < -0.39 is 0 Å². The van der Waals surface area contributed by atoms with Gasteiger partial charge in [-0.25, -0.2) is 9.97 Å². The molecule has 1 saturated heterocycles. The van der Waals surface area contributed by atoms with Crippen molar-refractivity contribution in [1.82, 2.24) is 24.7 Å². The number of anilines is 1. The minimum atomic E-state index is 0.441. The molecule has 1 aliphatic rings. The molecule has 1 aliphatic heterocycles. The van der Waals surface area contributed by atoms with Gasteiger partial charge >= 0.3 is 0 Å². The maximum Gasteiger partial charge on any atom is 0.156 e. The van der Waals surface area contributed by atoms with Crippen LogP contribution in [-0.2, 0) is 0 Å². The zero-order chi connectivity index (χ0) is 12.8. The van der Waals surface area contributed by atoms with Gasteiger partial charge in [-0.3, -0.25) is 4.68 Å². The molecule has 0 amide bonds. The minimum Gasteiger partial charge on any atom is -0.354 e. The fraction of sp³-hybridized carbons (Fsp3) is 0.308. The van der Waals surface area contributed by atoms with Crippen molar-refractivity contribution in [3.8, 4) is 0 Å². The molecule has 1 N–H and O–H groups in total. The van der Waals surface area contributed by atoms with Gasteiger partial charge < -0.3 is 9.88 Å². The first-order valence-corrected chi connectivity index (χ1v) is 6.35. The molecule has 19 heavy (non-hydrogen) atoms. The second-order valence-electron chi connectivity index (χ2n) is 4.95. The van der Waals surface area contributed by atoms with Crippen LogP contribution in [0.25, 0.3) is 11.0 Å². The number of nitrogens with zero attached hydrogens (tertiary/aromatic N) is 5. The summed E-state index contributed by atoms with van der Waals surface area (Å²) in [5, 5.41) is 4.28. The summed E-state index contributed by atoms with van der Waals surface area (Å²) in [5.74, 6) is 0.988. The van der Waals surface area contributed by atoms with Crippen molar-refractivity contribution in [2.75, 3.05) is 18.0 Å². The quantitative estimate of drug-likeness (QED) is 0.753. The summed E-state index contributed by atoms with van der Waals surface area (Å²) in [6.07, 6.45) is 5.46. The molecule has 0 unspecified atom stereocenters. The van der Waals surface area contributed by atoms with Gasteiger partial charge in [-0.2, -0.15) is 5.10 Å². The van der Waals surface area contributed by atoms with Gasteiger partial charge in [-0.1, -0.05) is 0 Å². The Morgan fingerprint density at radius 3 is 3.00 bits per heavy atom. The van der Waals surface area contributed by atoms with E-state index in [1.54, 1.807) is 6.33 Å². The molecule has 6 heteroatoms. The molecule has 0 saturated carbocycles. The zero-order valence-electron chi connectivity index (χ0n) is 10.6. The molecule has 0 bridgehead atoms. The number of nitrogens with one attached hydrogen (secondary N) is 1. The highest BCUT2D eigenvalue weighted by atomic mass is 15.4. The van der Waals surface area contributed by atoms with Crippen molar-refractivity contribution in [3.05, 3.63) is 36.5 Å². The van der Waals surface area contributed by atoms with Crippen LogP contribution in [0.5, 0.6) is 0 Å². The average Bonchev–Trinajstić information content (AvgIpc) is 2.95. The van der Waals surface area contributed by atoms with Gasteiger partial charge in [0.05, 0.1) is 11.6 Å². The molecule has 6 nitrogen and oxygen atoms in total. The lowest BCUT2D eigenvalue weighted by Gasteiger charge is -2.40. The van der Waals surface area contributed by atoms with Crippen LogP contribution in [-0.4, -0.2) is 37.8 Å². The first-order valence-electron chi connectivity index (χ1n) is 6.35. The highest BCUT2D eigenvalue weighted by Gasteiger charge is 2.30. The number of rotatable bonds is 2. The number of aryl methyl sites for hydroxylation is 1. The summed E-state index contributed by atoms with van der Waals surface area (Å²) < 4.78 is 2.01. The maximum absolute atomic E-state index is 4.41. The second-order valence-corrected chi connectivity index (χ2v) is 4.95. The molecular weight excluding hydrogens is 240 g/mol. The molecule has 0 radical (unpaired) electrons. The number of H-pyrrole nitrogens is 1. The van der Waals surface area contributed by atoms with E-state index in [0.29, 0.717) is 6.04 Å². The Morgan fingerprint density at radius 2 is 2.21 bits per heavy atom. The zero-order valence-corrected chi connectivity index (χ0v) is 10.6. The van der Waals surface area contributed by atoms with E-state index >= 15 is 0 Å². The van der Waals surface area contributed by atoms with Gasteiger partial charge in [-0.05, 0) is 19.1 Å². The van der Waals surface area contributed by atoms with Crippen LogP contribution < -0.4 is 4.90 Å². The van der Waals surface area contributed by atoms with Gasteiger partial charge in [0.2, 0.25) is 0 Å². The summed E-state index contributed by atoms with van der Waals surface area (Å²) >= 11 is 0. The summed E-state index contributed by atoms with van der Waals surface area (Å²) in [4.78, 5) is 14.3. The molecule has 0 aromatic carbocycles. The third-order valence-corrected chi connectivity index (χ3v) is 3.59. The monoisotopic (exact) mass is 254 g/mol. The summed E-state index contributed by atoms with van der Waals surface area (Å²) in [5.41, 5.74) is 3.12. The Morgan fingerprint density at radius 1 is 1.32 bits per heavy atom. The summed E-state index contributed by atoms with van der Waals surface area (Å²) in [6.45, 7) is 3.91. The molecule has 4 rings (SSSR count). The number of hydrogen-bond donors (Lipinski definition) is 1. The van der Waals surface area contributed by atoms with E-state index in [2.05, 4.69) is 25.0 Å². The number of fused-ring (bicyclic) bond motifs is 1. The number of hydrogen-bond acceptors (Lipinski definition) is 4. The number of aromatic amines is 1. The predicted octanol–water partition coefficient (Wildman–Crippen LogP) is 1.52. The first-order chi connectivity index (χ1) is 9.31. The molecule has 0 aliphatic carbocycles. The summed E-state index contributed by atoms with van der Waals surface area (Å²) in [6, 6.07) is 4.45. The van der Waals surface area contributed by atoms with Crippen LogP contribution >= 0.6 is 0 Å². The fourth-order valence-electron chi connectivity index (χ4n) is 2.59. The van der Waals surface area contributed by atoms with Crippen LogP contribution in [0.1, 0.15) is 11.7 Å². The van der Waals surface area contributed by atoms with Crippen LogP contribution in [0.15, 0.2) is 30.9 Å². The van der Waals surface area contributed by atoms with Gasteiger partial charge in [0, 0.05) is 31.2 Å². The maximum atomic E-state index is 4.41. The fourth-order valence-corrected chi connectivity index (χ4v) is 2.59. The molecule has 3 aromatic heterocycles. The van der Waals surface area contributed by atoms with Crippen molar-refractivity contribution < 1.29 is 0 Å². The first kappa shape index (κ1) is 10.5. The van der Waals surface area contributed by atoms with E-state index in [0.717, 1.165) is 35.6 Å². The lowest BCUT2D eigenvalue weighted by Crippen LogP contribution is -2.48. The van der Waals surface area contributed by atoms with Crippen LogP contribution in [0, 0.1) is 6.92 Å². The largest absolute Gasteiger partial charge is 0.354 e. The second kappa shape index (κ2) is 3.81. The molecule has 96 valence electrons. The topological polar surface area (TPSA) is 62.6 Å². The van der Waals surface area contributed by atoms with E-state index in [4.69, 9.17) is 0 Å². The Hall–Kier alpha value is -2.37. The molecule has 4 heterocycles. The minimum absolute atomic E-state index is 0.441. The van der Waals surface area contributed by atoms with E-state index in [1.165, 1.54) is 0 Å². The van der Waals surface area contributed by atoms with Crippen LogP contribution in [0.3, 0.4) is 0 Å². The van der Waals surface area contributed by atoms with Crippen molar-refractivity contribution in [1.29, 1.82) is 0 Å². The number of aromatic nitrogens is 5. The Bertz CT molecular complexity index is 708. The van der Waals surface area contributed by atoms with Gasteiger partial charge in [-0.15, -0.1) is 0 Å². The Labute approximate surface area is 110 Å². The Kier molecular flexibility index (Phi) is 2.11. The van der Waals surface area contributed by atoms with Crippen molar-refractivity contribution in [2.24, 2.45) is 0 Å². The normalized spacial score (nSPS) is 15.9. The van der Waals surface area contributed by atoms with Crippen molar-refractivity contribution in [2.45, 2.75) is 13.0 Å². The van der Waals surface area contributed by atoms with E-state index in [1.807, 2.05) is 36.1 Å². The van der Waals surface area contributed by atoms with E-state index in [9.17, 15) is 0 Å². The van der Waals surface area contributed by atoms with Crippen molar-refractivity contribution >= 4 is 16.9 Å². The van der Waals surface area contributed by atoms with Crippen LogP contribution in [0.2, 0.25) is 0 Å². The molecular formula is C13H14N6. The van der Waals surface area contributed by atoms with Gasteiger partial charge in [0.25, 0.3) is 0 Å². The third kappa shape index (κ3) is 1.60. The van der Waals surface area contributed by atoms with Gasteiger partial charge in [0.15, 0.2) is 5.82 Å².